The second-order valence-electron chi connectivity index (χ2n) is 7.19. The minimum absolute atomic E-state index is 0.168. The Bertz CT molecular complexity index is 542. The standard InChI is InChI=1S/C19H30N2O2/c1-19(2)16(11-12-21(19)4)14-20(3)18(22)10-9-15-7-6-8-17(13-15)23-5/h6-8,13,16H,9-12,14H2,1-5H3/t16-/m1/s1. The first-order valence-corrected chi connectivity index (χ1v) is 8.42. The van der Waals surface area contributed by atoms with Crippen LogP contribution in [0.3, 0.4) is 0 Å². The fraction of sp³-hybridized carbons (Fsp3) is 0.632. The molecular formula is C19H30N2O2. The van der Waals surface area contributed by atoms with E-state index in [-0.39, 0.29) is 11.4 Å². The molecule has 1 atom stereocenters. The molecule has 1 heterocycles. The molecule has 1 aliphatic rings. The maximum absolute atomic E-state index is 12.4. The highest BCUT2D eigenvalue weighted by Crippen LogP contribution is 2.33. The average molecular weight is 318 g/mol. The van der Waals surface area contributed by atoms with E-state index in [4.69, 9.17) is 4.74 Å². The summed E-state index contributed by atoms with van der Waals surface area (Å²) >= 11 is 0. The van der Waals surface area contributed by atoms with Crippen LogP contribution in [0.2, 0.25) is 0 Å². The molecule has 128 valence electrons. The Kier molecular flexibility index (Phi) is 5.69. The number of benzene rings is 1. The van der Waals surface area contributed by atoms with Gasteiger partial charge in [0.1, 0.15) is 5.75 Å². The van der Waals surface area contributed by atoms with Crippen LogP contribution in [0, 0.1) is 5.92 Å². The second-order valence-corrected chi connectivity index (χ2v) is 7.19. The lowest BCUT2D eigenvalue weighted by atomic mass is 9.88. The van der Waals surface area contributed by atoms with Crippen molar-refractivity contribution in [3.8, 4) is 5.75 Å². The van der Waals surface area contributed by atoms with Gasteiger partial charge in [0.25, 0.3) is 0 Å². The van der Waals surface area contributed by atoms with Gasteiger partial charge in [0, 0.05) is 25.6 Å². The Morgan fingerprint density at radius 2 is 2.17 bits per heavy atom. The number of hydrogen-bond acceptors (Lipinski definition) is 3. The molecule has 0 aromatic heterocycles. The molecule has 2 rings (SSSR count). The number of hydrogen-bond donors (Lipinski definition) is 0. The first-order chi connectivity index (χ1) is 10.8. The summed E-state index contributed by atoms with van der Waals surface area (Å²) in [5, 5.41) is 0. The first kappa shape index (κ1) is 17.8. The smallest absolute Gasteiger partial charge is 0.222 e. The van der Waals surface area contributed by atoms with E-state index in [1.807, 2.05) is 36.2 Å². The molecule has 0 spiro atoms. The third kappa shape index (κ3) is 4.25. The van der Waals surface area contributed by atoms with Crippen molar-refractivity contribution in [1.82, 2.24) is 9.80 Å². The molecule has 0 saturated carbocycles. The molecule has 1 fully saturated rings. The van der Waals surface area contributed by atoms with Crippen LogP contribution in [0.15, 0.2) is 24.3 Å². The van der Waals surface area contributed by atoms with Crippen molar-refractivity contribution in [2.24, 2.45) is 5.92 Å². The van der Waals surface area contributed by atoms with Gasteiger partial charge < -0.3 is 14.5 Å². The van der Waals surface area contributed by atoms with E-state index >= 15 is 0 Å². The average Bonchev–Trinajstić information content (AvgIpc) is 2.79. The van der Waals surface area contributed by atoms with Crippen LogP contribution in [0.25, 0.3) is 0 Å². The molecule has 23 heavy (non-hydrogen) atoms. The molecule has 0 N–H and O–H groups in total. The van der Waals surface area contributed by atoms with Crippen molar-refractivity contribution in [2.45, 2.75) is 38.6 Å². The highest BCUT2D eigenvalue weighted by Gasteiger charge is 2.39. The van der Waals surface area contributed by atoms with Crippen LogP contribution in [0.5, 0.6) is 5.75 Å². The number of methoxy groups -OCH3 is 1. The summed E-state index contributed by atoms with van der Waals surface area (Å²) in [5.41, 5.74) is 1.31. The summed E-state index contributed by atoms with van der Waals surface area (Å²) in [4.78, 5) is 16.7. The van der Waals surface area contributed by atoms with Gasteiger partial charge in [-0.1, -0.05) is 12.1 Å². The maximum Gasteiger partial charge on any atom is 0.222 e. The van der Waals surface area contributed by atoms with Gasteiger partial charge in [-0.15, -0.1) is 0 Å². The number of carbonyl (C=O) groups excluding carboxylic acids is 1. The number of rotatable bonds is 6. The lowest BCUT2D eigenvalue weighted by Gasteiger charge is -2.35. The molecule has 1 aromatic carbocycles. The number of ether oxygens (including phenoxy) is 1. The molecule has 0 aliphatic carbocycles. The fourth-order valence-electron chi connectivity index (χ4n) is 3.32. The highest BCUT2D eigenvalue weighted by atomic mass is 16.5. The Hall–Kier alpha value is -1.55. The molecule has 1 aromatic rings. The highest BCUT2D eigenvalue weighted by molar-refractivity contribution is 5.76. The number of nitrogens with zero attached hydrogens (tertiary/aromatic N) is 2. The van der Waals surface area contributed by atoms with E-state index < -0.39 is 0 Å². The van der Waals surface area contributed by atoms with E-state index in [1.54, 1.807) is 7.11 Å². The molecule has 1 aliphatic heterocycles. The van der Waals surface area contributed by atoms with Gasteiger partial charge in [0.15, 0.2) is 0 Å². The minimum atomic E-state index is 0.168. The number of amides is 1. The molecule has 0 unspecified atom stereocenters. The predicted octanol–water partition coefficient (Wildman–Crippen LogP) is 2.82. The second kappa shape index (κ2) is 7.35. The maximum atomic E-state index is 12.4. The van der Waals surface area contributed by atoms with Crippen molar-refractivity contribution in [3.05, 3.63) is 29.8 Å². The minimum Gasteiger partial charge on any atom is -0.497 e. The van der Waals surface area contributed by atoms with Crippen LogP contribution in [-0.2, 0) is 11.2 Å². The van der Waals surface area contributed by atoms with E-state index in [0.29, 0.717) is 12.3 Å². The van der Waals surface area contributed by atoms with Crippen LogP contribution in [-0.4, -0.2) is 55.5 Å². The molecular weight excluding hydrogens is 288 g/mol. The SMILES string of the molecule is COc1cccc(CCC(=O)N(C)C[C@H]2CCN(C)C2(C)C)c1. The van der Waals surface area contributed by atoms with Gasteiger partial charge in [-0.2, -0.15) is 0 Å². The Labute approximate surface area is 140 Å². The Balaban J connectivity index is 1.85. The summed E-state index contributed by atoms with van der Waals surface area (Å²) in [6.45, 7) is 6.51. The Morgan fingerprint density at radius 3 is 2.78 bits per heavy atom. The Morgan fingerprint density at radius 1 is 1.43 bits per heavy atom. The first-order valence-electron chi connectivity index (χ1n) is 8.42. The van der Waals surface area contributed by atoms with Crippen LogP contribution in [0.1, 0.15) is 32.3 Å². The molecule has 1 saturated heterocycles. The van der Waals surface area contributed by atoms with Crippen molar-refractivity contribution in [2.75, 3.05) is 34.3 Å². The summed E-state index contributed by atoms with van der Waals surface area (Å²) in [6.07, 6.45) is 2.47. The van der Waals surface area contributed by atoms with Gasteiger partial charge >= 0.3 is 0 Å². The topological polar surface area (TPSA) is 32.8 Å². The van der Waals surface area contributed by atoms with Crippen molar-refractivity contribution >= 4 is 5.91 Å². The van der Waals surface area contributed by atoms with Gasteiger partial charge in [-0.3, -0.25) is 4.79 Å². The number of aryl methyl sites for hydroxylation is 1. The lowest BCUT2D eigenvalue weighted by Crippen LogP contribution is -2.44. The zero-order valence-corrected chi connectivity index (χ0v) is 15.1. The van der Waals surface area contributed by atoms with Crippen molar-refractivity contribution in [1.29, 1.82) is 0 Å². The lowest BCUT2D eigenvalue weighted by molar-refractivity contribution is -0.130. The quantitative estimate of drug-likeness (QED) is 0.808. The van der Waals surface area contributed by atoms with Gasteiger partial charge in [0.05, 0.1) is 7.11 Å². The summed E-state index contributed by atoms with van der Waals surface area (Å²) < 4.78 is 5.23. The number of likely N-dealkylation sites (tertiary alicyclic amines) is 1. The van der Waals surface area contributed by atoms with Gasteiger partial charge in [0.2, 0.25) is 5.91 Å². The zero-order valence-electron chi connectivity index (χ0n) is 15.1. The summed E-state index contributed by atoms with van der Waals surface area (Å²) in [7, 11) is 5.77. The van der Waals surface area contributed by atoms with E-state index in [1.165, 1.54) is 0 Å². The van der Waals surface area contributed by atoms with Gasteiger partial charge in [-0.05, 0) is 63.9 Å². The predicted molar refractivity (Wildman–Crippen MR) is 93.8 cm³/mol. The van der Waals surface area contributed by atoms with E-state index in [9.17, 15) is 4.79 Å². The molecule has 0 radical (unpaired) electrons. The summed E-state index contributed by atoms with van der Waals surface area (Å²) in [5.74, 6) is 1.61. The van der Waals surface area contributed by atoms with Crippen LogP contribution >= 0.6 is 0 Å². The zero-order chi connectivity index (χ0) is 17.0. The van der Waals surface area contributed by atoms with Crippen molar-refractivity contribution < 1.29 is 9.53 Å². The summed E-state index contributed by atoms with van der Waals surface area (Å²) in [6, 6.07) is 7.95. The van der Waals surface area contributed by atoms with Crippen LogP contribution in [0.4, 0.5) is 0 Å². The largest absolute Gasteiger partial charge is 0.497 e. The normalized spacial score (nSPS) is 20.5. The van der Waals surface area contributed by atoms with Crippen molar-refractivity contribution in [3.63, 3.8) is 0 Å². The molecule has 0 bridgehead atoms. The molecule has 4 heteroatoms. The third-order valence-corrected chi connectivity index (χ3v) is 5.48. The molecule has 4 nitrogen and oxygen atoms in total. The monoisotopic (exact) mass is 318 g/mol. The van der Waals surface area contributed by atoms with E-state index in [0.717, 1.165) is 37.2 Å². The van der Waals surface area contributed by atoms with E-state index in [2.05, 4.69) is 25.8 Å². The fourth-order valence-corrected chi connectivity index (χ4v) is 3.32. The third-order valence-electron chi connectivity index (χ3n) is 5.48. The number of carbonyl (C=O) groups is 1. The van der Waals surface area contributed by atoms with Crippen LogP contribution < -0.4 is 4.74 Å². The van der Waals surface area contributed by atoms with Gasteiger partial charge in [-0.25, -0.2) is 0 Å². The molecule has 1 amide bonds.